The summed E-state index contributed by atoms with van der Waals surface area (Å²) in [5.41, 5.74) is 3.60. The number of ether oxygens (including phenoxy) is 2. The standard InChI is InChI=1S/C22H24N4O2/c1-2-16-3-5-19-18(11-16)22(24-14-23-19)26-9-7-25(8-10-26)13-17-4-6-20-21(12-17)28-15-27-20/h3-6,11-12,14H,2,7-10,13,15H2,1H3. The van der Waals surface area contributed by atoms with Crippen LogP contribution in [0.25, 0.3) is 10.9 Å². The molecule has 0 atom stereocenters. The Bertz CT molecular complexity index is 999. The van der Waals surface area contributed by atoms with Gasteiger partial charge in [-0.25, -0.2) is 9.97 Å². The van der Waals surface area contributed by atoms with E-state index in [4.69, 9.17) is 9.47 Å². The van der Waals surface area contributed by atoms with E-state index >= 15 is 0 Å². The summed E-state index contributed by atoms with van der Waals surface area (Å²) in [7, 11) is 0. The Labute approximate surface area is 164 Å². The third-order valence-electron chi connectivity index (χ3n) is 5.60. The second-order valence-corrected chi connectivity index (χ2v) is 7.35. The zero-order valence-corrected chi connectivity index (χ0v) is 16.1. The van der Waals surface area contributed by atoms with E-state index < -0.39 is 0 Å². The van der Waals surface area contributed by atoms with Gasteiger partial charge in [0.2, 0.25) is 6.79 Å². The molecule has 2 aromatic carbocycles. The quantitative estimate of drug-likeness (QED) is 0.697. The summed E-state index contributed by atoms with van der Waals surface area (Å²) in [5, 5.41) is 1.16. The summed E-state index contributed by atoms with van der Waals surface area (Å²) < 4.78 is 10.9. The Morgan fingerprint density at radius 1 is 0.893 bits per heavy atom. The minimum absolute atomic E-state index is 0.324. The molecule has 0 aliphatic carbocycles. The van der Waals surface area contributed by atoms with Crippen LogP contribution in [0.1, 0.15) is 18.1 Å². The van der Waals surface area contributed by atoms with Crippen molar-refractivity contribution >= 4 is 16.7 Å². The average molecular weight is 376 g/mol. The Hall–Kier alpha value is -2.86. The predicted octanol–water partition coefficient (Wildman–Crippen LogP) is 3.24. The summed E-state index contributed by atoms with van der Waals surface area (Å²) in [4.78, 5) is 13.9. The molecule has 6 heteroatoms. The number of nitrogens with zero attached hydrogens (tertiary/aromatic N) is 4. The summed E-state index contributed by atoms with van der Waals surface area (Å²) in [6.07, 6.45) is 2.70. The maximum atomic E-state index is 5.50. The molecule has 0 unspecified atom stereocenters. The van der Waals surface area contributed by atoms with E-state index in [2.05, 4.69) is 57.0 Å². The maximum Gasteiger partial charge on any atom is 0.231 e. The van der Waals surface area contributed by atoms with Crippen molar-refractivity contribution in [2.75, 3.05) is 37.9 Å². The van der Waals surface area contributed by atoms with Gasteiger partial charge in [0, 0.05) is 38.1 Å². The molecule has 1 fully saturated rings. The maximum absolute atomic E-state index is 5.50. The third kappa shape index (κ3) is 3.24. The SMILES string of the molecule is CCc1ccc2ncnc(N3CCN(Cc4ccc5c(c4)OCO5)CC3)c2c1. The Morgan fingerprint density at radius 3 is 2.57 bits per heavy atom. The number of anilines is 1. The molecule has 0 N–H and O–H groups in total. The molecule has 2 aliphatic heterocycles. The topological polar surface area (TPSA) is 50.7 Å². The Morgan fingerprint density at radius 2 is 1.71 bits per heavy atom. The zero-order chi connectivity index (χ0) is 18.9. The molecule has 6 nitrogen and oxygen atoms in total. The number of aromatic nitrogens is 2. The van der Waals surface area contributed by atoms with Crippen molar-refractivity contribution in [1.82, 2.24) is 14.9 Å². The number of piperazine rings is 1. The molecule has 3 heterocycles. The molecule has 0 spiro atoms. The van der Waals surface area contributed by atoms with E-state index in [1.54, 1.807) is 6.33 Å². The lowest BCUT2D eigenvalue weighted by atomic mass is 10.1. The van der Waals surface area contributed by atoms with Crippen LogP contribution >= 0.6 is 0 Å². The second kappa shape index (κ2) is 7.28. The van der Waals surface area contributed by atoms with E-state index in [1.807, 2.05) is 6.07 Å². The average Bonchev–Trinajstić information content (AvgIpc) is 3.21. The lowest BCUT2D eigenvalue weighted by Gasteiger charge is -2.35. The van der Waals surface area contributed by atoms with Crippen molar-refractivity contribution in [2.45, 2.75) is 19.9 Å². The summed E-state index contributed by atoms with van der Waals surface area (Å²) >= 11 is 0. The highest BCUT2D eigenvalue weighted by Gasteiger charge is 2.21. The van der Waals surface area contributed by atoms with Gasteiger partial charge in [-0.3, -0.25) is 4.90 Å². The molecule has 2 aliphatic rings. The van der Waals surface area contributed by atoms with Crippen LogP contribution < -0.4 is 14.4 Å². The van der Waals surface area contributed by atoms with Gasteiger partial charge in [-0.1, -0.05) is 19.1 Å². The van der Waals surface area contributed by atoms with Gasteiger partial charge in [-0.15, -0.1) is 0 Å². The summed E-state index contributed by atoms with van der Waals surface area (Å²) in [6.45, 7) is 7.37. The van der Waals surface area contributed by atoms with Gasteiger partial charge in [0.25, 0.3) is 0 Å². The lowest BCUT2D eigenvalue weighted by molar-refractivity contribution is 0.174. The Kier molecular flexibility index (Phi) is 4.49. The second-order valence-electron chi connectivity index (χ2n) is 7.35. The molecule has 0 bridgehead atoms. The molecule has 28 heavy (non-hydrogen) atoms. The highest BCUT2D eigenvalue weighted by Crippen LogP contribution is 2.33. The van der Waals surface area contributed by atoms with Crippen LogP contribution in [0.4, 0.5) is 5.82 Å². The first-order chi connectivity index (χ1) is 13.8. The number of aryl methyl sites for hydroxylation is 1. The van der Waals surface area contributed by atoms with E-state index in [0.29, 0.717) is 6.79 Å². The predicted molar refractivity (Wildman–Crippen MR) is 109 cm³/mol. The molecule has 1 saturated heterocycles. The number of hydrogen-bond donors (Lipinski definition) is 0. The number of rotatable bonds is 4. The minimum atomic E-state index is 0.324. The van der Waals surface area contributed by atoms with Gasteiger partial charge >= 0.3 is 0 Å². The molecule has 5 rings (SSSR count). The highest BCUT2D eigenvalue weighted by molar-refractivity contribution is 5.89. The largest absolute Gasteiger partial charge is 0.454 e. The van der Waals surface area contributed by atoms with Crippen molar-refractivity contribution in [3.8, 4) is 11.5 Å². The Balaban J connectivity index is 1.29. The van der Waals surface area contributed by atoms with Crippen LogP contribution in [0.2, 0.25) is 0 Å². The number of fused-ring (bicyclic) bond motifs is 2. The third-order valence-corrected chi connectivity index (χ3v) is 5.60. The fourth-order valence-electron chi connectivity index (χ4n) is 3.98. The summed E-state index contributed by atoms with van der Waals surface area (Å²) in [5.74, 6) is 2.76. The van der Waals surface area contributed by atoms with E-state index in [0.717, 1.165) is 67.4 Å². The molecule has 3 aromatic rings. The van der Waals surface area contributed by atoms with Crippen molar-refractivity contribution in [3.63, 3.8) is 0 Å². The normalized spacial score (nSPS) is 16.7. The van der Waals surface area contributed by atoms with E-state index in [1.165, 1.54) is 11.1 Å². The van der Waals surface area contributed by atoms with Crippen LogP contribution in [-0.4, -0.2) is 47.8 Å². The van der Waals surface area contributed by atoms with Gasteiger partial charge < -0.3 is 14.4 Å². The van der Waals surface area contributed by atoms with Crippen molar-refractivity contribution in [1.29, 1.82) is 0 Å². The molecule has 0 radical (unpaired) electrons. The van der Waals surface area contributed by atoms with Gasteiger partial charge in [0.1, 0.15) is 12.1 Å². The molecule has 144 valence electrons. The van der Waals surface area contributed by atoms with E-state index in [9.17, 15) is 0 Å². The molecule has 0 amide bonds. The van der Waals surface area contributed by atoms with Crippen LogP contribution in [0.15, 0.2) is 42.7 Å². The van der Waals surface area contributed by atoms with Crippen molar-refractivity contribution < 1.29 is 9.47 Å². The van der Waals surface area contributed by atoms with Crippen LogP contribution in [0, 0.1) is 0 Å². The van der Waals surface area contributed by atoms with Gasteiger partial charge in [0.15, 0.2) is 11.5 Å². The van der Waals surface area contributed by atoms with Gasteiger partial charge in [0.05, 0.1) is 5.52 Å². The smallest absolute Gasteiger partial charge is 0.231 e. The first-order valence-electron chi connectivity index (χ1n) is 9.89. The minimum Gasteiger partial charge on any atom is -0.454 e. The van der Waals surface area contributed by atoms with Crippen molar-refractivity contribution in [2.24, 2.45) is 0 Å². The number of benzene rings is 2. The number of hydrogen-bond acceptors (Lipinski definition) is 6. The molecular weight excluding hydrogens is 352 g/mol. The lowest BCUT2D eigenvalue weighted by Crippen LogP contribution is -2.46. The molecular formula is C22H24N4O2. The highest BCUT2D eigenvalue weighted by atomic mass is 16.7. The first-order valence-corrected chi connectivity index (χ1v) is 9.89. The van der Waals surface area contributed by atoms with Crippen LogP contribution in [0.5, 0.6) is 11.5 Å². The van der Waals surface area contributed by atoms with E-state index in [-0.39, 0.29) is 0 Å². The van der Waals surface area contributed by atoms with Crippen LogP contribution in [-0.2, 0) is 13.0 Å². The monoisotopic (exact) mass is 376 g/mol. The van der Waals surface area contributed by atoms with Crippen LogP contribution in [0.3, 0.4) is 0 Å². The van der Waals surface area contributed by atoms with Gasteiger partial charge in [-0.05, 0) is 41.8 Å². The zero-order valence-electron chi connectivity index (χ0n) is 16.1. The van der Waals surface area contributed by atoms with Gasteiger partial charge in [-0.2, -0.15) is 0 Å². The summed E-state index contributed by atoms with van der Waals surface area (Å²) in [6, 6.07) is 12.7. The first kappa shape index (κ1) is 17.3. The molecule has 0 saturated carbocycles. The fraction of sp³-hybridized carbons (Fsp3) is 0.364. The molecule has 1 aromatic heterocycles. The van der Waals surface area contributed by atoms with Crippen molar-refractivity contribution in [3.05, 3.63) is 53.9 Å². The fourth-order valence-corrected chi connectivity index (χ4v) is 3.98.